The lowest BCUT2D eigenvalue weighted by atomic mass is 10.2. The van der Waals surface area contributed by atoms with Gasteiger partial charge in [0, 0.05) is 39.8 Å². The van der Waals surface area contributed by atoms with E-state index >= 15 is 0 Å². The molecule has 0 aliphatic rings. The minimum Gasteiger partial charge on any atom is -0.400 e. The van der Waals surface area contributed by atoms with Gasteiger partial charge in [0.1, 0.15) is 6.04 Å². The normalized spacial score (nSPS) is 10.1. The van der Waals surface area contributed by atoms with Crippen LogP contribution >= 0.6 is 0 Å². The number of hydrogen-bond donors (Lipinski definition) is 8. The molecule has 12 heteroatoms. The number of amides is 4. The van der Waals surface area contributed by atoms with Gasteiger partial charge in [0.15, 0.2) is 0 Å². The van der Waals surface area contributed by atoms with Crippen molar-refractivity contribution in [1.82, 2.24) is 26.6 Å². The summed E-state index contributed by atoms with van der Waals surface area (Å²) in [6, 6.07) is -0.932. The van der Waals surface area contributed by atoms with Crippen molar-refractivity contribution < 1.29 is 34.5 Å². The van der Waals surface area contributed by atoms with Gasteiger partial charge < -0.3 is 41.9 Å². The lowest BCUT2D eigenvalue weighted by molar-refractivity contribution is -0.131. The van der Waals surface area contributed by atoms with Gasteiger partial charge in [-0.2, -0.15) is 0 Å². The summed E-state index contributed by atoms with van der Waals surface area (Å²) in [4.78, 5) is 47.0. The van der Waals surface area contributed by atoms with Crippen LogP contribution in [0.5, 0.6) is 0 Å². The standard InChI is InChI=1S/C18H35N5O5.C2H6.2CH4O/c1-4-5-6-8-20-16(26)10-22-18(28)14(12-24)23-17(27)11-21-15(25)7-9-19-13(2)3;3*1-2/h13-14,19,24H,4-12H2,1-3H3,(H,20,26)(H,21,25)(H,22,28)(H,23,27);1-2H3;2*2H,1H3. The first-order valence-electron chi connectivity index (χ1n) is 11.6. The third-order valence-electron chi connectivity index (χ3n) is 3.71. The number of rotatable bonds is 15. The molecule has 0 bridgehead atoms. The molecular weight excluding hydrogens is 446 g/mol. The number of hydrogen-bond acceptors (Lipinski definition) is 8. The van der Waals surface area contributed by atoms with Crippen LogP contribution in [0.3, 0.4) is 0 Å². The molecule has 34 heavy (non-hydrogen) atoms. The molecule has 0 rings (SSSR count). The number of aliphatic hydroxyl groups is 3. The Hall–Kier alpha value is -2.28. The molecule has 0 spiro atoms. The Morgan fingerprint density at radius 2 is 1.32 bits per heavy atom. The van der Waals surface area contributed by atoms with E-state index in [4.69, 9.17) is 10.2 Å². The topological polar surface area (TPSA) is 189 Å². The van der Waals surface area contributed by atoms with E-state index in [1.807, 2.05) is 27.7 Å². The van der Waals surface area contributed by atoms with Gasteiger partial charge in [-0.3, -0.25) is 19.2 Å². The van der Waals surface area contributed by atoms with E-state index in [0.717, 1.165) is 33.5 Å². The average Bonchev–Trinajstić information content (AvgIpc) is 2.85. The van der Waals surface area contributed by atoms with E-state index in [-0.39, 0.29) is 37.4 Å². The van der Waals surface area contributed by atoms with Crippen molar-refractivity contribution >= 4 is 23.6 Å². The van der Waals surface area contributed by atoms with Crippen LogP contribution in [0.2, 0.25) is 0 Å². The van der Waals surface area contributed by atoms with Gasteiger partial charge in [0.05, 0.1) is 19.7 Å². The first kappa shape index (κ1) is 39.0. The van der Waals surface area contributed by atoms with Gasteiger partial charge in [-0.15, -0.1) is 0 Å². The van der Waals surface area contributed by atoms with Crippen LogP contribution in [0.4, 0.5) is 0 Å². The summed E-state index contributed by atoms with van der Waals surface area (Å²) in [6.07, 6.45) is 3.14. The van der Waals surface area contributed by atoms with Crippen molar-refractivity contribution in [2.75, 3.05) is 47.0 Å². The highest BCUT2D eigenvalue weighted by molar-refractivity contribution is 5.92. The lowest BCUT2D eigenvalue weighted by Gasteiger charge is -2.16. The molecular formula is C22H49N5O7. The predicted molar refractivity (Wildman–Crippen MR) is 133 cm³/mol. The fraction of sp³-hybridized carbons (Fsp3) is 0.818. The van der Waals surface area contributed by atoms with E-state index in [1.165, 1.54) is 0 Å². The summed E-state index contributed by atoms with van der Waals surface area (Å²) < 4.78 is 0. The molecule has 0 radical (unpaired) electrons. The molecule has 204 valence electrons. The SMILES string of the molecule is CC.CCCCCNC(=O)CNC(=O)C(CO)NC(=O)CNC(=O)CCNC(C)C.CO.CO. The molecule has 0 saturated carbocycles. The number of aliphatic hydroxyl groups excluding tert-OH is 3. The molecule has 0 fully saturated rings. The monoisotopic (exact) mass is 495 g/mol. The molecule has 0 heterocycles. The minimum atomic E-state index is -1.19. The summed E-state index contributed by atoms with van der Waals surface area (Å²) >= 11 is 0. The van der Waals surface area contributed by atoms with Gasteiger partial charge in [-0.05, 0) is 6.42 Å². The largest absolute Gasteiger partial charge is 0.400 e. The van der Waals surface area contributed by atoms with Gasteiger partial charge in [-0.1, -0.05) is 47.5 Å². The maximum absolute atomic E-state index is 12.0. The van der Waals surface area contributed by atoms with E-state index < -0.39 is 24.5 Å². The summed E-state index contributed by atoms with van der Waals surface area (Å²) in [5, 5.41) is 36.2. The zero-order valence-corrected chi connectivity index (χ0v) is 22.0. The molecule has 4 amide bonds. The van der Waals surface area contributed by atoms with Gasteiger partial charge >= 0.3 is 0 Å². The molecule has 1 unspecified atom stereocenters. The maximum atomic E-state index is 12.0. The van der Waals surface area contributed by atoms with Crippen LogP contribution < -0.4 is 26.6 Å². The third-order valence-corrected chi connectivity index (χ3v) is 3.71. The summed E-state index contributed by atoms with van der Waals surface area (Å²) in [5.74, 6) is -1.92. The van der Waals surface area contributed by atoms with Crippen LogP contribution in [-0.2, 0) is 19.2 Å². The first-order chi connectivity index (χ1) is 16.3. The third kappa shape index (κ3) is 27.8. The number of carbonyl (C=O) groups is 4. The predicted octanol–water partition coefficient (Wildman–Crippen LogP) is -1.37. The highest BCUT2D eigenvalue weighted by Gasteiger charge is 2.20. The summed E-state index contributed by atoms with van der Waals surface area (Å²) in [6.45, 7) is 9.84. The number of nitrogens with one attached hydrogen (secondary N) is 5. The summed E-state index contributed by atoms with van der Waals surface area (Å²) in [5.41, 5.74) is 0. The van der Waals surface area contributed by atoms with Crippen LogP contribution in [0.25, 0.3) is 0 Å². The van der Waals surface area contributed by atoms with Crippen molar-refractivity contribution in [1.29, 1.82) is 0 Å². The van der Waals surface area contributed by atoms with Crippen LogP contribution in [0.1, 0.15) is 60.3 Å². The van der Waals surface area contributed by atoms with Crippen molar-refractivity contribution in [3.63, 3.8) is 0 Å². The smallest absolute Gasteiger partial charge is 0.245 e. The fourth-order valence-corrected chi connectivity index (χ4v) is 2.14. The highest BCUT2D eigenvalue weighted by atomic mass is 16.3. The zero-order chi connectivity index (χ0) is 27.4. The Kier molecular flexibility index (Phi) is 35.2. The molecule has 0 aromatic rings. The number of unbranched alkanes of at least 4 members (excludes halogenated alkanes) is 2. The van der Waals surface area contributed by atoms with Crippen molar-refractivity contribution in [3.8, 4) is 0 Å². The van der Waals surface area contributed by atoms with Gasteiger partial charge in [-0.25, -0.2) is 0 Å². The van der Waals surface area contributed by atoms with Crippen LogP contribution in [-0.4, -0.2) is 98.0 Å². The summed E-state index contributed by atoms with van der Waals surface area (Å²) in [7, 11) is 2.00. The highest BCUT2D eigenvalue weighted by Crippen LogP contribution is 1.91. The second-order valence-electron chi connectivity index (χ2n) is 6.71. The molecule has 8 N–H and O–H groups in total. The first-order valence-corrected chi connectivity index (χ1v) is 11.6. The second-order valence-corrected chi connectivity index (χ2v) is 6.71. The molecule has 0 aliphatic heterocycles. The van der Waals surface area contributed by atoms with E-state index in [9.17, 15) is 24.3 Å². The van der Waals surface area contributed by atoms with Gasteiger partial charge in [0.2, 0.25) is 23.6 Å². The average molecular weight is 496 g/mol. The van der Waals surface area contributed by atoms with Crippen LogP contribution in [0, 0.1) is 0 Å². The second kappa shape index (κ2) is 30.7. The fourth-order valence-electron chi connectivity index (χ4n) is 2.14. The van der Waals surface area contributed by atoms with Crippen molar-refractivity contribution in [2.24, 2.45) is 0 Å². The molecule has 0 saturated heterocycles. The maximum Gasteiger partial charge on any atom is 0.245 e. The van der Waals surface area contributed by atoms with Gasteiger partial charge in [0.25, 0.3) is 0 Å². The van der Waals surface area contributed by atoms with E-state index in [0.29, 0.717) is 13.1 Å². The van der Waals surface area contributed by atoms with Crippen molar-refractivity contribution in [3.05, 3.63) is 0 Å². The molecule has 0 aromatic carbocycles. The Balaban J connectivity index is -0.000000689. The minimum absolute atomic E-state index is 0.225. The Bertz CT molecular complexity index is 506. The van der Waals surface area contributed by atoms with E-state index in [2.05, 4.69) is 33.5 Å². The Morgan fingerprint density at radius 1 is 0.765 bits per heavy atom. The van der Waals surface area contributed by atoms with Crippen LogP contribution in [0.15, 0.2) is 0 Å². The Labute approximate surface area is 204 Å². The molecule has 1 atom stereocenters. The zero-order valence-electron chi connectivity index (χ0n) is 22.0. The lowest BCUT2D eigenvalue weighted by Crippen LogP contribution is -2.52. The molecule has 0 aliphatic carbocycles. The van der Waals surface area contributed by atoms with E-state index in [1.54, 1.807) is 0 Å². The molecule has 0 aromatic heterocycles. The molecule has 12 nitrogen and oxygen atoms in total. The number of carbonyl (C=O) groups excluding carboxylic acids is 4. The quantitative estimate of drug-likeness (QED) is 0.128. The Morgan fingerprint density at radius 3 is 1.82 bits per heavy atom. The van der Waals surface area contributed by atoms with Crippen molar-refractivity contribution in [2.45, 2.75) is 72.4 Å².